The van der Waals surface area contributed by atoms with E-state index in [0.717, 1.165) is 43.2 Å². The molecule has 0 saturated heterocycles. The minimum atomic E-state index is 0.123. The summed E-state index contributed by atoms with van der Waals surface area (Å²) in [5.41, 5.74) is 13.5. The standard InChI is InChI=1S/C33H52N4O6/c1-40-28-14-10-26(24-30(28)42-3)12-16-32(38)36(22-8-18-34)20-6-5-7-21-37(23-9-19-35)33(39)17-13-27-11-15-29(41-2)31(25-27)43-4/h10-11,14-15,24-25H,5-9,12-13,16-23,34-35H2,1-4H3. The zero-order valence-corrected chi connectivity index (χ0v) is 26.6. The van der Waals surface area contributed by atoms with Gasteiger partial charge in [0.25, 0.3) is 0 Å². The van der Waals surface area contributed by atoms with E-state index in [-0.39, 0.29) is 11.8 Å². The maximum Gasteiger partial charge on any atom is 0.222 e. The fraction of sp³-hybridized carbons (Fsp3) is 0.576. The third kappa shape index (κ3) is 12.3. The minimum absolute atomic E-state index is 0.123. The predicted octanol–water partition coefficient (Wildman–Crippen LogP) is 3.81. The highest BCUT2D eigenvalue weighted by Gasteiger charge is 2.16. The molecular weight excluding hydrogens is 548 g/mol. The molecule has 0 saturated carbocycles. The highest BCUT2D eigenvalue weighted by atomic mass is 16.5. The fourth-order valence-electron chi connectivity index (χ4n) is 4.96. The highest BCUT2D eigenvalue weighted by Crippen LogP contribution is 2.29. The second kappa shape index (κ2) is 20.4. The van der Waals surface area contributed by atoms with Crippen LogP contribution in [0.25, 0.3) is 0 Å². The summed E-state index contributed by atoms with van der Waals surface area (Å²) >= 11 is 0. The molecule has 0 aromatic heterocycles. The Hall–Kier alpha value is -3.50. The van der Waals surface area contributed by atoms with Crippen molar-refractivity contribution in [3.8, 4) is 23.0 Å². The van der Waals surface area contributed by atoms with Gasteiger partial charge in [-0.15, -0.1) is 0 Å². The highest BCUT2D eigenvalue weighted by molar-refractivity contribution is 5.77. The van der Waals surface area contributed by atoms with E-state index in [0.29, 0.717) is 87.9 Å². The van der Waals surface area contributed by atoms with E-state index in [1.165, 1.54) is 0 Å². The van der Waals surface area contributed by atoms with Crippen LogP contribution >= 0.6 is 0 Å². The molecule has 2 aromatic carbocycles. The molecule has 0 spiro atoms. The number of amides is 2. The molecule has 0 aliphatic carbocycles. The molecule has 2 aromatic rings. The number of nitrogens with two attached hydrogens (primary N) is 2. The lowest BCUT2D eigenvalue weighted by molar-refractivity contribution is -0.131. The summed E-state index contributed by atoms with van der Waals surface area (Å²) in [7, 11) is 6.42. The van der Waals surface area contributed by atoms with Gasteiger partial charge in [-0.05, 0) is 93.4 Å². The van der Waals surface area contributed by atoms with Crippen LogP contribution in [-0.4, -0.2) is 89.3 Å². The van der Waals surface area contributed by atoms with Crippen molar-refractivity contribution >= 4 is 11.8 Å². The first-order valence-corrected chi connectivity index (χ1v) is 15.3. The van der Waals surface area contributed by atoms with Crippen LogP contribution in [0.1, 0.15) is 56.1 Å². The molecule has 0 heterocycles. The van der Waals surface area contributed by atoms with Crippen molar-refractivity contribution in [3.05, 3.63) is 47.5 Å². The van der Waals surface area contributed by atoms with Crippen molar-refractivity contribution < 1.29 is 28.5 Å². The van der Waals surface area contributed by atoms with Crippen molar-refractivity contribution in [3.63, 3.8) is 0 Å². The van der Waals surface area contributed by atoms with Crippen molar-refractivity contribution in [2.45, 2.75) is 57.8 Å². The summed E-state index contributed by atoms with van der Waals surface area (Å²) < 4.78 is 21.4. The molecule has 0 fully saturated rings. The SMILES string of the molecule is COc1ccc(CCC(=O)N(CCCN)CCCCCN(CCCN)C(=O)CCc2ccc(OC)c(OC)c2)cc1OC. The van der Waals surface area contributed by atoms with Crippen LogP contribution in [0.5, 0.6) is 23.0 Å². The van der Waals surface area contributed by atoms with E-state index < -0.39 is 0 Å². The molecule has 2 rings (SSSR count). The molecule has 43 heavy (non-hydrogen) atoms. The molecule has 0 aliphatic rings. The first-order chi connectivity index (χ1) is 20.9. The Morgan fingerprint density at radius 2 is 0.930 bits per heavy atom. The summed E-state index contributed by atoms with van der Waals surface area (Å²) in [4.78, 5) is 30.0. The van der Waals surface area contributed by atoms with Gasteiger partial charge < -0.3 is 40.2 Å². The number of benzene rings is 2. The van der Waals surface area contributed by atoms with Gasteiger partial charge >= 0.3 is 0 Å². The normalized spacial score (nSPS) is 10.7. The number of nitrogens with zero attached hydrogens (tertiary/aromatic N) is 2. The van der Waals surface area contributed by atoms with Crippen LogP contribution in [-0.2, 0) is 22.4 Å². The lowest BCUT2D eigenvalue weighted by Crippen LogP contribution is -2.35. The van der Waals surface area contributed by atoms with Gasteiger partial charge in [0.15, 0.2) is 23.0 Å². The Labute approximate surface area is 257 Å². The van der Waals surface area contributed by atoms with Gasteiger partial charge in [0.1, 0.15) is 0 Å². The van der Waals surface area contributed by atoms with Crippen LogP contribution in [0.2, 0.25) is 0 Å². The average Bonchev–Trinajstić information content (AvgIpc) is 3.04. The van der Waals surface area contributed by atoms with Gasteiger partial charge in [0, 0.05) is 39.0 Å². The average molecular weight is 601 g/mol. The molecule has 0 radical (unpaired) electrons. The fourth-order valence-corrected chi connectivity index (χ4v) is 4.96. The molecule has 10 nitrogen and oxygen atoms in total. The van der Waals surface area contributed by atoms with Gasteiger partial charge in [-0.1, -0.05) is 12.1 Å². The molecule has 0 bridgehead atoms. The van der Waals surface area contributed by atoms with Crippen molar-refractivity contribution in [1.29, 1.82) is 0 Å². The van der Waals surface area contributed by atoms with Crippen molar-refractivity contribution in [2.75, 3.05) is 67.7 Å². The molecule has 10 heteroatoms. The summed E-state index contributed by atoms with van der Waals surface area (Å²) in [6.07, 6.45) is 6.29. The number of carbonyl (C=O) groups is 2. The Morgan fingerprint density at radius 1 is 0.558 bits per heavy atom. The summed E-state index contributed by atoms with van der Waals surface area (Å²) in [6, 6.07) is 11.5. The summed E-state index contributed by atoms with van der Waals surface area (Å²) in [5, 5.41) is 0. The van der Waals surface area contributed by atoms with E-state index in [4.69, 9.17) is 30.4 Å². The van der Waals surface area contributed by atoms with Crippen LogP contribution < -0.4 is 30.4 Å². The van der Waals surface area contributed by atoms with Gasteiger partial charge in [0.05, 0.1) is 28.4 Å². The minimum Gasteiger partial charge on any atom is -0.493 e. The lowest BCUT2D eigenvalue weighted by Gasteiger charge is -2.24. The Bertz CT molecular complexity index is 1030. The number of unbranched alkanes of at least 4 members (excludes halogenated alkanes) is 2. The largest absolute Gasteiger partial charge is 0.493 e. The second-order valence-electron chi connectivity index (χ2n) is 10.5. The maximum atomic E-state index is 13.1. The summed E-state index contributed by atoms with van der Waals surface area (Å²) in [5.74, 6) is 2.91. The van der Waals surface area contributed by atoms with E-state index >= 15 is 0 Å². The monoisotopic (exact) mass is 600 g/mol. The topological polar surface area (TPSA) is 130 Å². The van der Waals surface area contributed by atoms with Crippen LogP contribution in [0.15, 0.2) is 36.4 Å². The Balaban J connectivity index is 1.84. The van der Waals surface area contributed by atoms with Crippen molar-refractivity contribution in [1.82, 2.24) is 9.80 Å². The number of carbonyl (C=O) groups excluding carboxylic acids is 2. The van der Waals surface area contributed by atoms with E-state index in [1.807, 2.05) is 46.2 Å². The third-order valence-electron chi connectivity index (χ3n) is 7.48. The van der Waals surface area contributed by atoms with Crippen LogP contribution in [0.4, 0.5) is 0 Å². The summed E-state index contributed by atoms with van der Waals surface area (Å²) in [6.45, 7) is 3.75. The van der Waals surface area contributed by atoms with E-state index in [9.17, 15) is 9.59 Å². The number of rotatable bonds is 22. The van der Waals surface area contributed by atoms with E-state index in [1.54, 1.807) is 28.4 Å². The van der Waals surface area contributed by atoms with Crippen LogP contribution in [0, 0.1) is 0 Å². The maximum absolute atomic E-state index is 13.1. The van der Waals surface area contributed by atoms with Gasteiger partial charge in [-0.2, -0.15) is 0 Å². The first-order valence-electron chi connectivity index (χ1n) is 15.3. The number of methoxy groups -OCH3 is 4. The second-order valence-corrected chi connectivity index (χ2v) is 10.5. The van der Waals surface area contributed by atoms with Gasteiger partial charge in [-0.25, -0.2) is 0 Å². The molecule has 240 valence electrons. The van der Waals surface area contributed by atoms with Gasteiger partial charge in [-0.3, -0.25) is 9.59 Å². The first kappa shape index (κ1) is 35.7. The number of hydrogen-bond donors (Lipinski definition) is 2. The van der Waals surface area contributed by atoms with Crippen molar-refractivity contribution in [2.24, 2.45) is 11.5 Å². The Morgan fingerprint density at radius 3 is 1.28 bits per heavy atom. The molecule has 2 amide bonds. The number of hydrogen-bond acceptors (Lipinski definition) is 8. The zero-order valence-electron chi connectivity index (χ0n) is 26.6. The number of ether oxygens (including phenoxy) is 4. The lowest BCUT2D eigenvalue weighted by atomic mass is 10.1. The molecular formula is C33H52N4O6. The Kier molecular flexibility index (Phi) is 16.9. The molecule has 4 N–H and O–H groups in total. The zero-order chi connectivity index (χ0) is 31.5. The molecule has 0 unspecified atom stereocenters. The quantitative estimate of drug-likeness (QED) is 0.195. The third-order valence-corrected chi connectivity index (χ3v) is 7.48. The number of aryl methyl sites for hydroxylation is 2. The molecule has 0 aliphatic heterocycles. The smallest absolute Gasteiger partial charge is 0.222 e. The predicted molar refractivity (Wildman–Crippen MR) is 170 cm³/mol. The molecule has 0 atom stereocenters. The van der Waals surface area contributed by atoms with Crippen LogP contribution in [0.3, 0.4) is 0 Å². The van der Waals surface area contributed by atoms with Gasteiger partial charge in [0.2, 0.25) is 11.8 Å². The van der Waals surface area contributed by atoms with E-state index in [2.05, 4.69) is 0 Å².